The molecule has 0 amide bonds. The van der Waals surface area contributed by atoms with Gasteiger partial charge in [-0.3, -0.25) is 14.7 Å². The van der Waals surface area contributed by atoms with Crippen molar-refractivity contribution in [2.75, 3.05) is 98.9 Å². The van der Waals surface area contributed by atoms with Gasteiger partial charge in [0.2, 0.25) is 0 Å². The lowest BCUT2D eigenvalue weighted by molar-refractivity contribution is 0.0100. The van der Waals surface area contributed by atoms with Crippen LogP contribution in [0.1, 0.15) is 19.3 Å². The van der Waals surface area contributed by atoms with Crippen LogP contribution >= 0.6 is 0 Å². The summed E-state index contributed by atoms with van der Waals surface area (Å²) in [6.07, 6.45) is 4.17. The number of hydrogen-bond acceptors (Lipinski definition) is 6. The van der Waals surface area contributed by atoms with E-state index in [0.29, 0.717) is 0 Å². The average Bonchev–Trinajstić information content (AvgIpc) is 2.88. The molecule has 0 saturated carbocycles. The van der Waals surface area contributed by atoms with E-state index in [1.165, 1.54) is 78.2 Å². The van der Waals surface area contributed by atoms with Crippen molar-refractivity contribution in [2.24, 2.45) is 5.92 Å². The molecule has 2 atom stereocenters. The molecule has 0 spiro atoms. The van der Waals surface area contributed by atoms with Gasteiger partial charge in [-0.2, -0.15) is 0 Å². The number of morpholine rings is 1. The maximum atomic E-state index is 5.48. The second-order valence-electron chi connectivity index (χ2n) is 9.00. The predicted molar refractivity (Wildman–Crippen MR) is 105 cm³/mol. The third-order valence-electron chi connectivity index (χ3n) is 6.91. The van der Waals surface area contributed by atoms with Crippen LogP contribution in [-0.2, 0) is 4.74 Å². The number of nitrogens with zero attached hydrogens (tertiary/aromatic N) is 5. The monoisotopic (exact) mass is 365 g/mol. The molecule has 4 fully saturated rings. The zero-order valence-electron chi connectivity index (χ0n) is 16.8. The number of piperidine rings is 1. The fourth-order valence-electron chi connectivity index (χ4n) is 5.30. The van der Waals surface area contributed by atoms with Crippen LogP contribution in [0.2, 0.25) is 0 Å². The van der Waals surface area contributed by atoms with Crippen molar-refractivity contribution in [1.82, 2.24) is 24.5 Å². The molecule has 0 bridgehead atoms. The summed E-state index contributed by atoms with van der Waals surface area (Å²) in [5.74, 6) is 0.889. The molecule has 4 saturated heterocycles. The fourth-order valence-corrected chi connectivity index (χ4v) is 5.30. The largest absolute Gasteiger partial charge is 0.379 e. The van der Waals surface area contributed by atoms with Crippen molar-refractivity contribution in [3.05, 3.63) is 0 Å². The van der Waals surface area contributed by atoms with Gasteiger partial charge in [0.25, 0.3) is 0 Å². The molecule has 0 aromatic heterocycles. The lowest BCUT2D eigenvalue weighted by atomic mass is 9.90. The summed E-state index contributed by atoms with van der Waals surface area (Å²) in [6.45, 7) is 16.7. The highest BCUT2D eigenvalue weighted by Gasteiger charge is 2.32. The predicted octanol–water partition coefficient (Wildman–Crippen LogP) is 0.310. The van der Waals surface area contributed by atoms with Gasteiger partial charge < -0.3 is 14.5 Å². The third kappa shape index (κ3) is 5.18. The van der Waals surface area contributed by atoms with Gasteiger partial charge in [0.1, 0.15) is 0 Å². The first-order valence-corrected chi connectivity index (χ1v) is 10.9. The minimum atomic E-state index is 0.832. The second-order valence-corrected chi connectivity index (χ2v) is 9.00. The molecule has 150 valence electrons. The molecule has 0 aromatic carbocycles. The van der Waals surface area contributed by atoms with Crippen molar-refractivity contribution in [1.29, 1.82) is 0 Å². The van der Waals surface area contributed by atoms with E-state index in [2.05, 4.69) is 31.5 Å². The minimum Gasteiger partial charge on any atom is -0.379 e. The first kappa shape index (κ1) is 19.1. The highest BCUT2D eigenvalue weighted by molar-refractivity contribution is 4.88. The second kappa shape index (κ2) is 9.30. The molecule has 26 heavy (non-hydrogen) atoms. The van der Waals surface area contributed by atoms with E-state index in [4.69, 9.17) is 4.74 Å². The maximum absolute atomic E-state index is 5.48. The van der Waals surface area contributed by atoms with Gasteiger partial charge in [0.05, 0.1) is 19.9 Å². The lowest BCUT2D eigenvalue weighted by Crippen LogP contribution is -2.56. The highest BCUT2D eigenvalue weighted by Crippen LogP contribution is 2.25. The standard InChI is InChI=1S/C20H39N5O/c1-21-7-10-25-16-19(3-4-20(25)17-21)15-22-5-2-6-23(9-8-22)18-24-11-13-26-14-12-24/h19-20H,2-18H2,1H3. The first-order chi connectivity index (χ1) is 12.8. The molecule has 6 nitrogen and oxygen atoms in total. The summed E-state index contributed by atoms with van der Waals surface area (Å²) >= 11 is 0. The lowest BCUT2D eigenvalue weighted by Gasteiger charge is -2.46. The summed E-state index contributed by atoms with van der Waals surface area (Å²) < 4.78 is 5.48. The number of ether oxygens (including phenoxy) is 1. The number of piperazine rings is 1. The van der Waals surface area contributed by atoms with Crippen molar-refractivity contribution < 1.29 is 4.74 Å². The van der Waals surface area contributed by atoms with E-state index in [1.807, 2.05) is 0 Å². The first-order valence-electron chi connectivity index (χ1n) is 10.9. The van der Waals surface area contributed by atoms with Gasteiger partial charge in [-0.1, -0.05) is 0 Å². The van der Waals surface area contributed by atoms with Gasteiger partial charge in [-0.25, -0.2) is 0 Å². The van der Waals surface area contributed by atoms with Crippen molar-refractivity contribution in [3.63, 3.8) is 0 Å². The van der Waals surface area contributed by atoms with E-state index in [1.54, 1.807) is 0 Å². The quantitative estimate of drug-likeness (QED) is 0.711. The summed E-state index contributed by atoms with van der Waals surface area (Å²) in [7, 11) is 2.28. The van der Waals surface area contributed by atoms with Crippen molar-refractivity contribution >= 4 is 0 Å². The Labute approximate surface area is 160 Å². The summed E-state index contributed by atoms with van der Waals surface area (Å²) in [4.78, 5) is 13.3. The van der Waals surface area contributed by atoms with Crippen molar-refractivity contribution in [2.45, 2.75) is 25.3 Å². The Kier molecular flexibility index (Phi) is 6.83. The van der Waals surface area contributed by atoms with Crippen LogP contribution in [0, 0.1) is 5.92 Å². The topological polar surface area (TPSA) is 25.4 Å². The molecular weight excluding hydrogens is 326 g/mol. The summed E-state index contributed by atoms with van der Waals surface area (Å²) in [5, 5.41) is 0. The fraction of sp³-hybridized carbons (Fsp3) is 1.00. The molecule has 4 heterocycles. The van der Waals surface area contributed by atoms with Gasteiger partial charge in [-0.05, 0) is 38.8 Å². The van der Waals surface area contributed by atoms with Gasteiger partial charge >= 0.3 is 0 Å². The molecule has 0 aromatic rings. The molecule has 0 N–H and O–H groups in total. The normalized spacial score (nSPS) is 34.5. The van der Waals surface area contributed by atoms with E-state index in [0.717, 1.165) is 44.9 Å². The van der Waals surface area contributed by atoms with Crippen LogP contribution in [0.25, 0.3) is 0 Å². The SMILES string of the molecule is CN1CCN2CC(CN3CCCN(CN4CCOCC4)CC3)CCC2C1. The van der Waals surface area contributed by atoms with Crippen molar-refractivity contribution in [3.8, 4) is 0 Å². The Hall–Kier alpha value is -0.240. The van der Waals surface area contributed by atoms with Crippen LogP contribution in [0.15, 0.2) is 0 Å². The van der Waals surface area contributed by atoms with Crippen LogP contribution in [0.5, 0.6) is 0 Å². The number of likely N-dealkylation sites (N-methyl/N-ethyl adjacent to an activating group) is 1. The summed E-state index contributed by atoms with van der Waals surface area (Å²) in [6, 6.07) is 0.832. The number of fused-ring (bicyclic) bond motifs is 1. The maximum Gasteiger partial charge on any atom is 0.0594 e. The highest BCUT2D eigenvalue weighted by atomic mass is 16.5. The van der Waals surface area contributed by atoms with E-state index in [-0.39, 0.29) is 0 Å². The Balaban J connectivity index is 1.20. The molecular formula is C20H39N5O. The third-order valence-corrected chi connectivity index (χ3v) is 6.91. The van der Waals surface area contributed by atoms with Crippen LogP contribution in [0.3, 0.4) is 0 Å². The Bertz CT molecular complexity index is 430. The van der Waals surface area contributed by atoms with E-state index >= 15 is 0 Å². The Morgan fingerprint density at radius 3 is 2.42 bits per heavy atom. The van der Waals surface area contributed by atoms with Crippen LogP contribution in [0.4, 0.5) is 0 Å². The van der Waals surface area contributed by atoms with Gasteiger partial charge in [0, 0.05) is 71.5 Å². The number of rotatable bonds is 4. The van der Waals surface area contributed by atoms with Crippen LogP contribution in [-0.4, -0.2) is 129 Å². The Morgan fingerprint density at radius 1 is 0.769 bits per heavy atom. The zero-order chi connectivity index (χ0) is 17.8. The molecule has 4 rings (SSSR count). The molecule has 6 heteroatoms. The number of hydrogen-bond donors (Lipinski definition) is 0. The zero-order valence-corrected chi connectivity index (χ0v) is 16.8. The van der Waals surface area contributed by atoms with E-state index < -0.39 is 0 Å². The van der Waals surface area contributed by atoms with E-state index in [9.17, 15) is 0 Å². The molecule has 4 aliphatic heterocycles. The van der Waals surface area contributed by atoms with Crippen LogP contribution < -0.4 is 0 Å². The molecule has 2 unspecified atom stereocenters. The molecule has 0 aliphatic carbocycles. The smallest absolute Gasteiger partial charge is 0.0594 e. The van der Waals surface area contributed by atoms with Gasteiger partial charge in [0.15, 0.2) is 0 Å². The molecule has 0 radical (unpaired) electrons. The average molecular weight is 366 g/mol. The van der Waals surface area contributed by atoms with Gasteiger partial charge in [-0.15, -0.1) is 0 Å². The minimum absolute atomic E-state index is 0.832. The summed E-state index contributed by atoms with van der Waals surface area (Å²) in [5.41, 5.74) is 0. The molecule has 4 aliphatic rings. The Morgan fingerprint density at radius 2 is 1.54 bits per heavy atom.